The fourth-order valence-electron chi connectivity index (χ4n) is 2.86. The molecule has 0 aliphatic carbocycles. The van der Waals surface area contributed by atoms with Crippen LogP contribution in [0.4, 0.5) is 0 Å². The van der Waals surface area contributed by atoms with Gasteiger partial charge >= 0.3 is 0 Å². The molecule has 0 radical (unpaired) electrons. The summed E-state index contributed by atoms with van der Waals surface area (Å²) in [6.07, 6.45) is 6.10. The molecule has 0 aliphatic heterocycles. The summed E-state index contributed by atoms with van der Waals surface area (Å²) in [5, 5.41) is 2.95. The highest BCUT2D eigenvalue weighted by atomic mass is 16.5. The summed E-state index contributed by atoms with van der Waals surface area (Å²) in [7, 11) is 1.65. The summed E-state index contributed by atoms with van der Waals surface area (Å²) in [5.74, 6) is 0.768. The number of aromatic nitrogens is 2. The van der Waals surface area contributed by atoms with Gasteiger partial charge in [0, 0.05) is 36.8 Å². The Kier molecular flexibility index (Phi) is 6.81. The molecule has 3 aromatic rings. The van der Waals surface area contributed by atoms with E-state index in [0.29, 0.717) is 25.3 Å². The summed E-state index contributed by atoms with van der Waals surface area (Å²) in [4.78, 5) is 16.4. The molecule has 1 amide bonds. The molecular formula is C22H25N3O3. The number of rotatable bonds is 9. The minimum absolute atomic E-state index is 0.0650. The maximum absolute atomic E-state index is 12.4. The normalized spacial score (nSPS) is 10.6. The highest BCUT2D eigenvalue weighted by Gasteiger charge is 2.09. The van der Waals surface area contributed by atoms with E-state index in [-0.39, 0.29) is 5.91 Å². The Labute approximate surface area is 165 Å². The SMILES string of the molecule is COc1ccc(COCCCNC(=O)c2ccc(-n3ccnc3)cc2C)cc1. The zero-order valence-corrected chi connectivity index (χ0v) is 16.2. The van der Waals surface area contributed by atoms with Crippen molar-refractivity contribution in [3.05, 3.63) is 77.9 Å². The van der Waals surface area contributed by atoms with Crippen LogP contribution < -0.4 is 10.1 Å². The van der Waals surface area contributed by atoms with Gasteiger partial charge < -0.3 is 19.4 Å². The van der Waals surface area contributed by atoms with E-state index in [9.17, 15) is 4.79 Å². The van der Waals surface area contributed by atoms with Crippen molar-refractivity contribution in [2.45, 2.75) is 20.0 Å². The molecule has 6 nitrogen and oxygen atoms in total. The minimum Gasteiger partial charge on any atom is -0.497 e. The second kappa shape index (κ2) is 9.71. The molecule has 1 N–H and O–H groups in total. The molecule has 146 valence electrons. The van der Waals surface area contributed by atoms with Crippen molar-refractivity contribution in [1.29, 1.82) is 0 Å². The van der Waals surface area contributed by atoms with E-state index in [1.807, 2.05) is 60.2 Å². The van der Waals surface area contributed by atoms with Crippen molar-refractivity contribution in [3.8, 4) is 11.4 Å². The molecule has 1 heterocycles. The molecule has 0 unspecified atom stereocenters. The topological polar surface area (TPSA) is 65.4 Å². The summed E-state index contributed by atoms with van der Waals surface area (Å²) >= 11 is 0. The Hall–Kier alpha value is -3.12. The maximum atomic E-state index is 12.4. The van der Waals surface area contributed by atoms with Crippen molar-refractivity contribution in [2.24, 2.45) is 0 Å². The number of imidazole rings is 1. The van der Waals surface area contributed by atoms with Crippen molar-refractivity contribution in [1.82, 2.24) is 14.9 Å². The number of amides is 1. The second-order valence-corrected chi connectivity index (χ2v) is 6.48. The lowest BCUT2D eigenvalue weighted by molar-refractivity contribution is 0.0934. The number of carbonyl (C=O) groups is 1. The third-order valence-corrected chi connectivity index (χ3v) is 4.44. The molecule has 2 aromatic carbocycles. The molecule has 6 heteroatoms. The van der Waals surface area contributed by atoms with Crippen molar-refractivity contribution < 1.29 is 14.3 Å². The van der Waals surface area contributed by atoms with E-state index < -0.39 is 0 Å². The Bertz CT molecular complexity index is 890. The van der Waals surface area contributed by atoms with Gasteiger partial charge in [-0.2, -0.15) is 0 Å². The molecule has 0 bridgehead atoms. The van der Waals surface area contributed by atoms with E-state index in [1.165, 1.54) is 0 Å². The molecule has 0 saturated carbocycles. The van der Waals surface area contributed by atoms with Crippen LogP contribution in [0.5, 0.6) is 5.75 Å². The first kappa shape index (κ1) is 19.6. The average molecular weight is 379 g/mol. The molecule has 0 aliphatic rings. The van der Waals surface area contributed by atoms with Crippen LogP contribution in [0.1, 0.15) is 27.9 Å². The summed E-state index contributed by atoms with van der Waals surface area (Å²) in [6.45, 7) is 3.65. The Balaban J connectivity index is 1.39. The number of hydrogen-bond acceptors (Lipinski definition) is 4. The van der Waals surface area contributed by atoms with Crippen LogP contribution in [0.25, 0.3) is 5.69 Å². The van der Waals surface area contributed by atoms with Crippen molar-refractivity contribution >= 4 is 5.91 Å². The molecule has 0 saturated heterocycles. The number of carbonyl (C=O) groups excluding carboxylic acids is 1. The zero-order valence-electron chi connectivity index (χ0n) is 16.2. The molecule has 0 spiro atoms. The van der Waals surface area contributed by atoms with Crippen LogP contribution in [-0.4, -0.2) is 35.7 Å². The van der Waals surface area contributed by atoms with Gasteiger partial charge in [0.1, 0.15) is 5.75 Å². The average Bonchev–Trinajstić information content (AvgIpc) is 3.25. The first-order chi connectivity index (χ1) is 13.7. The molecule has 0 fully saturated rings. The van der Waals surface area contributed by atoms with Crippen LogP contribution >= 0.6 is 0 Å². The zero-order chi connectivity index (χ0) is 19.8. The number of methoxy groups -OCH3 is 1. The smallest absolute Gasteiger partial charge is 0.251 e. The van der Waals surface area contributed by atoms with E-state index in [0.717, 1.165) is 29.0 Å². The van der Waals surface area contributed by atoms with Gasteiger partial charge in [-0.15, -0.1) is 0 Å². The van der Waals surface area contributed by atoms with Gasteiger partial charge in [-0.25, -0.2) is 4.98 Å². The predicted molar refractivity (Wildman–Crippen MR) is 108 cm³/mol. The summed E-state index contributed by atoms with van der Waals surface area (Å²) in [6, 6.07) is 13.5. The number of aryl methyl sites for hydroxylation is 1. The van der Waals surface area contributed by atoms with E-state index in [4.69, 9.17) is 9.47 Å². The quantitative estimate of drug-likeness (QED) is 0.578. The van der Waals surface area contributed by atoms with Gasteiger partial charge in [0.15, 0.2) is 0 Å². The number of hydrogen-bond donors (Lipinski definition) is 1. The highest BCUT2D eigenvalue weighted by Crippen LogP contribution is 2.15. The summed E-state index contributed by atoms with van der Waals surface area (Å²) in [5.41, 5.74) is 3.69. The minimum atomic E-state index is -0.0650. The Morgan fingerprint density at radius 1 is 1.18 bits per heavy atom. The number of benzene rings is 2. The first-order valence-electron chi connectivity index (χ1n) is 9.25. The van der Waals surface area contributed by atoms with Gasteiger partial charge in [-0.1, -0.05) is 12.1 Å². The number of nitrogens with zero attached hydrogens (tertiary/aromatic N) is 2. The second-order valence-electron chi connectivity index (χ2n) is 6.48. The van der Waals surface area contributed by atoms with Gasteiger partial charge in [-0.3, -0.25) is 4.79 Å². The molecule has 28 heavy (non-hydrogen) atoms. The van der Waals surface area contributed by atoms with Gasteiger partial charge in [0.05, 0.1) is 20.0 Å². The molecule has 1 aromatic heterocycles. The monoisotopic (exact) mass is 379 g/mol. The van der Waals surface area contributed by atoms with E-state index >= 15 is 0 Å². The Morgan fingerprint density at radius 3 is 2.68 bits per heavy atom. The molecule has 3 rings (SSSR count). The third kappa shape index (κ3) is 5.20. The standard InChI is InChI=1S/C22H25N3O3/c1-17-14-19(25-12-11-23-16-25)6-9-21(17)22(26)24-10-3-13-28-15-18-4-7-20(27-2)8-5-18/h4-9,11-12,14,16H,3,10,13,15H2,1-2H3,(H,24,26). The lowest BCUT2D eigenvalue weighted by Gasteiger charge is -2.10. The fraction of sp³-hybridized carbons (Fsp3) is 0.273. The number of nitrogens with one attached hydrogen (secondary N) is 1. The van der Waals surface area contributed by atoms with Crippen LogP contribution in [0.15, 0.2) is 61.2 Å². The van der Waals surface area contributed by atoms with Crippen molar-refractivity contribution in [3.63, 3.8) is 0 Å². The lowest BCUT2D eigenvalue weighted by Crippen LogP contribution is -2.26. The fourth-order valence-corrected chi connectivity index (χ4v) is 2.86. The van der Waals surface area contributed by atoms with Crippen LogP contribution in [0.2, 0.25) is 0 Å². The number of ether oxygens (including phenoxy) is 2. The predicted octanol–water partition coefficient (Wildman–Crippen LogP) is 3.53. The van der Waals surface area contributed by atoms with Crippen molar-refractivity contribution in [2.75, 3.05) is 20.3 Å². The van der Waals surface area contributed by atoms with Crippen LogP contribution in [0, 0.1) is 6.92 Å². The molecular weight excluding hydrogens is 354 g/mol. The van der Waals surface area contributed by atoms with Gasteiger partial charge in [-0.05, 0) is 54.8 Å². The van der Waals surface area contributed by atoms with E-state index in [2.05, 4.69) is 10.3 Å². The van der Waals surface area contributed by atoms with Crippen LogP contribution in [0.3, 0.4) is 0 Å². The maximum Gasteiger partial charge on any atom is 0.251 e. The summed E-state index contributed by atoms with van der Waals surface area (Å²) < 4.78 is 12.7. The third-order valence-electron chi connectivity index (χ3n) is 4.44. The highest BCUT2D eigenvalue weighted by molar-refractivity contribution is 5.95. The van der Waals surface area contributed by atoms with Gasteiger partial charge in [0.25, 0.3) is 5.91 Å². The Morgan fingerprint density at radius 2 is 2.00 bits per heavy atom. The molecule has 0 atom stereocenters. The van der Waals surface area contributed by atoms with Crippen LogP contribution in [-0.2, 0) is 11.3 Å². The largest absolute Gasteiger partial charge is 0.497 e. The van der Waals surface area contributed by atoms with E-state index in [1.54, 1.807) is 19.6 Å². The van der Waals surface area contributed by atoms with Gasteiger partial charge in [0.2, 0.25) is 0 Å². The lowest BCUT2D eigenvalue weighted by atomic mass is 10.1. The first-order valence-corrected chi connectivity index (χ1v) is 9.25.